The molecule has 19 heavy (non-hydrogen) atoms. The highest BCUT2D eigenvalue weighted by atomic mass is 35.5. The predicted molar refractivity (Wildman–Crippen MR) is 72.9 cm³/mol. The quantitative estimate of drug-likeness (QED) is 0.548. The van der Waals surface area contributed by atoms with E-state index in [1.54, 1.807) is 6.21 Å². The number of hydrogen-bond acceptors (Lipinski definition) is 4. The molecule has 2 fully saturated rings. The molecule has 1 spiro atoms. The highest BCUT2D eigenvalue weighted by Gasteiger charge is 2.45. The van der Waals surface area contributed by atoms with Crippen molar-refractivity contribution in [2.75, 3.05) is 20.2 Å². The Kier molecular flexibility index (Phi) is 3.17. The van der Waals surface area contributed by atoms with Crippen LogP contribution in [0, 0.1) is 5.41 Å². The second-order valence-electron chi connectivity index (χ2n) is 5.46. The van der Waals surface area contributed by atoms with Crippen molar-refractivity contribution in [1.82, 2.24) is 9.80 Å². The Labute approximate surface area is 117 Å². The van der Waals surface area contributed by atoms with Crippen molar-refractivity contribution in [3.63, 3.8) is 0 Å². The van der Waals surface area contributed by atoms with Crippen molar-refractivity contribution in [3.05, 3.63) is 11.9 Å². The Balaban J connectivity index is 1.75. The fourth-order valence-corrected chi connectivity index (χ4v) is 3.11. The molecule has 0 aromatic rings. The van der Waals surface area contributed by atoms with Crippen LogP contribution in [-0.4, -0.2) is 47.9 Å². The predicted octanol–water partition coefficient (Wildman–Crippen LogP) is 2.38. The van der Waals surface area contributed by atoms with Crippen LogP contribution in [0.3, 0.4) is 0 Å². The molecule has 0 aromatic heterocycles. The molecule has 1 saturated heterocycles. The van der Waals surface area contributed by atoms with Gasteiger partial charge in [-0.3, -0.25) is 4.99 Å². The summed E-state index contributed by atoms with van der Waals surface area (Å²) in [4.78, 5) is 19.5. The summed E-state index contributed by atoms with van der Waals surface area (Å²) in [5, 5.41) is 0. The second-order valence-corrected chi connectivity index (χ2v) is 5.85. The van der Waals surface area contributed by atoms with Crippen molar-refractivity contribution in [1.29, 1.82) is 0 Å². The number of likely N-dealkylation sites (tertiary alicyclic amines) is 1. The summed E-state index contributed by atoms with van der Waals surface area (Å²) in [6.45, 7) is 1.94. The van der Waals surface area contributed by atoms with Crippen LogP contribution < -0.4 is 0 Å². The topological polar surface area (TPSA) is 45.1 Å². The van der Waals surface area contributed by atoms with Gasteiger partial charge in [-0.2, -0.15) is 0 Å². The molecule has 3 aliphatic rings. The first-order valence-electron chi connectivity index (χ1n) is 6.65. The zero-order valence-electron chi connectivity index (χ0n) is 11.0. The summed E-state index contributed by atoms with van der Waals surface area (Å²) in [5.41, 5.74) is -0.111. The normalized spacial score (nSPS) is 28.3. The van der Waals surface area contributed by atoms with Crippen molar-refractivity contribution in [2.45, 2.75) is 31.3 Å². The van der Waals surface area contributed by atoms with Crippen LogP contribution in [0.1, 0.15) is 25.7 Å². The van der Waals surface area contributed by atoms with Gasteiger partial charge in [-0.25, -0.2) is 9.69 Å². The zero-order chi connectivity index (χ0) is 13.5. The number of ether oxygens (including phenoxy) is 1. The van der Waals surface area contributed by atoms with Crippen LogP contribution >= 0.6 is 11.6 Å². The summed E-state index contributed by atoms with van der Waals surface area (Å²) >= 11 is 6.10. The molecule has 1 amide bonds. The molecular weight excluding hydrogens is 266 g/mol. The largest absolute Gasteiger partial charge is 0.452 e. The van der Waals surface area contributed by atoms with Crippen LogP contribution in [0.25, 0.3) is 0 Å². The average molecular weight is 284 g/mol. The lowest BCUT2D eigenvalue weighted by atomic mass is 9.94. The van der Waals surface area contributed by atoms with E-state index in [4.69, 9.17) is 16.3 Å². The maximum absolute atomic E-state index is 11.8. The van der Waals surface area contributed by atoms with E-state index in [2.05, 4.69) is 9.89 Å². The second kappa shape index (κ2) is 4.71. The number of alkyl halides is 1. The first-order valence-corrected chi connectivity index (χ1v) is 7.09. The molecule has 0 radical (unpaired) electrons. The lowest BCUT2D eigenvalue weighted by Crippen LogP contribution is -2.46. The summed E-state index contributed by atoms with van der Waals surface area (Å²) < 4.78 is 4.80. The third kappa shape index (κ3) is 2.31. The van der Waals surface area contributed by atoms with Crippen LogP contribution in [0.2, 0.25) is 0 Å². The molecule has 104 valence electrons. The lowest BCUT2D eigenvalue weighted by Gasteiger charge is -2.40. The first-order chi connectivity index (χ1) is 9.15. The Morgan fingerprint density at radius 1 is 1.42 bits per heavy atom. The van der Waals surface area contributed by atoms with Gasteiger partial charge in [-0.1, -0.05) is 11.6 Å². The minimum Gasteiger partial charge on any atom is -0.452 e. The van der Waals surface area contributed by atoms with Gasteiger partial charge >= 0.3 is 6.09 Å². The molecule has 1 atom stereocenters. The average Bonchev–Trinajstić information content (AvgIpc) is 3.18. The van der Waals surface area contributed by atoms with Crippen LogP contribution in [0.5, 0.6) is 0 Å². The van der Waals surface area contributed by atoms with E-state index in [9.17, 15) is 4.79 Å². The van der Waals surface area contributed by atoms with E-state index < -0.39 is 11.7 Å². The van der Waals surface area contributed by atoms with E-state index in [0.717, 1.165) is 18.9 Å². The van der Waals surface area contributed by atoms with E-state index in [-0.39, 0.29) is 0 Å². The molecule has 6 heteroatoms. The number of rotatable bonds is 1. The number of carbonyl (C=O) groups excluding carboxylic acids is 1. The van der Waals surface area contributed by atoms with Gasteiger partial charge in [0.1, 0.15) is 5.82 Å². The number of piperidine rings is 1. The van der Waals surface area contributed by atoms with E-state index in [1.807, 2.05) is 6.08 Å². The summed E-state index contributed by atoms with van der Waals surface area (Å²) in [5.74, 6) is 0.803. The maximum atomic E-state index is 11.8. The molecule has 2 aliphatic heterocycles. The van der Waals surface area contributed by atoms with Crippen LogP contribution in [0.15, 0.2) is 16.9 Å². The number of methoxy groups -OCH3 is 1. The molecule has 3 rings (SSSR count). The summed E-state index contributed by atoms with van der Waals surface area (Å²) in [7, 11) is 1.36. The fourth-order valence-electron chi connectivity index (χ4n) is 2.86. The molecule has 1 unspecified atom stereocenters. The highest BCUT2D eigenvalue weighted by molar-refractivity contribution is 6.21. The number of allylic oxidation sites excluding steroid dienone is 1. The van der Waals surface area contributed by atoms with Crippen molar-refractivity contribution >= 4 is 23.9 Å². The van der Waals surface area contributed by atoms with Gasteiger partial charge in [0.2, 0.25) is 5.62 Å². The molecule has 0 bridgehead atoms. The molecule has 0 N–H and O–H groups in total. The lowest BCUT2D eigenvalue weighted by molar-refractivity contribution is 0.102. The zero-order valence-corrected chi connectivity index (χ0v) is 11.8. The van der Waals surface area contributed by atoms with Crippen LogP contribution in [0.4, 0.5) is 4.79 Å². The molecule has 1 saturated carbocycles. The summed E-state index contributed by atoms with van der Waals surface area (Å²) in [6.07, 6.45) is 8.15. The minimum atomic E-state index is -0.718. The van der Waals surface area contributed by atoms with Gasteiger partial charge < -0.3 is 9.64 Å². The van der Waals surface area contributed by atoms with Gasteiger partial charge in [0, 0.05) is 19.3 Å². The van der Waals surface area contributed by atoms with Gasteiger partial charge in [0.25, 0.3) is 0 Å². The number of carbonyl (C=O) groups is 1. The van der Waals surface area contributed by atoms with Gasteiger partial charge in [-0.05, 0) is 37.2 Å². The number of amides is 1. The standard InChI is InChI=1S/C13H18ClN3O2/c1-19-12(18)17-10(2-7-15-11(17)14)16-8-5-13(3-4-13)6-9-16/h2,7,11H,3-6,8-9H2,1H3. The van der Waals surface area contributed by atoms with E-state index >= 15 is 0 Å². The van der Waals surface area contributed by atoms with Gasteiger partial charge in [-0.15, -0.1) is 0 Å². The Bertz CT molecular complexity index is 435. The molecule has 1 aliphatic carbocycles. The molecule has 5 nitrogen and oxygen atoms in total. The molecule has 0 aromatic carbocycles. The molecular formula is C13H18ClN3O2. The SMILES string of the molecule is COC(=O)N1C(N2CCC3(CC2)CC3)=CC=NC1Cl. The monoisotopic (exact) mass is 283 g/mol. The van der Waals surface area contributed by atoms with Gasteiger partial charge in [0.15, 0.2) is 0 Å². The third-order valence-electron chi connectivity index (χ3n) is 4.37. The van der Waals surface area contributed by atoms with Crippen LogP contribution in [-0.2, 0) is 4.74 Å². The number of hydrogen-bond donors (Lipinski definition) is 0. The van der Waals surface area contributed by atoms with Crippen molar-refractivity contribution in [3.8, 4) is 0 Å². The highest BCUT2D eigenvalue weighted by Crippen LogP contribution is 2.54. The smallest absolute Gasteiger partial charge is 0.417 e. The maximum Gasteiger partial charge on any atom is 0.417 e. The van der Waals surface area contributed by atoms with Crippen molar-refractivity contribution in [2.24, 2.45) is 10.4 Å². The fraction of sp³-hybridized carbons (Fsp3) is 0.692. The third-order valence-corrected chi connectivity index (χ3v) is 4.68. The number of aliphatic imine (C=N–C) groups is 1. The summed E-state index contributed by atoms with van der Waals surface area (Å²) in [6, 6.07) is 0. The number of nitrogens with zero attached hydrogens (tertiary/aromatic N) is 3. The minimum absolute atomic E-state index is 0.463. The Hall–Kier alpha value is -1.23. The Morgan fingerprint density at radius 3 is 2.68 bits per heavy atom. The number of halogens is 1. The van der Waals surface area contributed by atoms with Gasteiger partial charge in [0.05, 0.1) is 7.11 Å². The van der Waals surface area contributed by atoms with Crippen molar-refractivity contribution < 1.29 is 9.53 Å². The van der Waals surface area contributed by atoms with E-state index in [0.29, 0.717) is 5.41 Å². The first kappa shape index (κ1) is 12.8. The molecule has 2 heterocycles. The Morgan fingerprint density at radius 2 is 2.11 bits per heavy atom. The van der Waals surface area contributed by atoms with E-state index in [1.165, 1.54) is 37.7 Å².